The molecule has 0 spiro atoms. The fourth-order valence-corrected chi connectivity index (χ4v) is 3.94. The maximum atomic E-state index is 12.4. The van der Waals surface area contributed by atoms with Crippen molar-refractivity contribution in [3.63, 3.8) is 0 Å². The van der Waals surface area contributed by atoms with Gasteiger partial charge in [0.15, 0.2) is 0 Å². The average Bonchev–Trinajstić information content (AvgIpc) is 2.72. The predicted octanol–water partition coefficient (Wildman–Crippen LogP) is 5.25. The van der Waals surface area contributed by atoms with Gasteiger partial charge in [0.25, 0.3) is 0 Å². The molecule has 2 heterocycles. The maximum Gasteiger partial charge on any atom is 0.410 e. The first-order valence-corrected chi connectivity index (χ1v) is 11.0. The van der Waals surface area contributed by atoms with Gasteiger partial charge in [-0.1, -0.05) is 24.4 Å². The van der Waals surface area contributed by atoms with Gasteiger partial charge in [0.2, 0.25) is 0 Å². The van der Waals surface area contributed by atoms with Crippen LogP contribution in [0.3, 0.4) is 0 Å². The van der Waals surface area contributed by atoms with E-state index < -0.39 is 5.60 Å². The second-order valence-corrected chi connectivity index (χ2v) is 9.31. The SMILES string of the molecule is CC(C)(C)OC(=O)N1CCC(C(Cc2cccc(C#N)c2)Oc2cc[nH]c(=S)c2)CC1. The van der Waals surface area contributed by atoms with E-state index in [1.807, 2.05) is 51.1 Å². The van der Waals surface area contributed by atoms with Gasteiger partial charge in [-0.15, -0.1) is 0 Å². The number of H-pyrrole nitrogens is 1. The van der Waals surface area contributed by atoms with Crippen molar-refractivity contribution in [1.82, 2.24) is 9.88 Å². The fourth-order valence-electron chi connectivity index (χ4n) is 3.76. The highest BCUT2D eigenvalue weighted by Crippen LogP contribution is 2.28. The number of rotatable bonds is 5. The Bertz CT molecular complexity index is 998. The molecule has 3 rings (SSSR count). The molecule has 31 heavy (non-hydrogen) atoms. The van der Waals surface area contributed by atoms with Gasteiger partial charge in [-0.05, 0) is 63.3 Å². The van der Waals surface area contributed by atoms with Gasteiger partial charge in [0.1, 0.15) is 22.1 Å². The van der Waals surface area contributed by atoms with Crippen molar-refractivity contribution in [2.75, 3.05) is 13.1 Å². The lowest BCUT2D eigenvalue weighted by molar-refractivity contribution is 0.0108. The number of likely N-dealkylation sites (tertiary alicyclic amines) is 1. The number of nitrogens with one attached hydrogen (secondary N) is 1. The van der Waals surface area contributed by atoms with Crippen LogP contribution in [0.4, 0.5) is 4.79 Å². The van der Waals surface area contributed by atoms with Gasteiger partial charge >= 0.3 is 6.09 Å². The average molecular weight is 440 g/mol. The number of amides is 1. The van der Waals surface area contributed by atoms with Crippen LogP contribution in [0.15, 0.2) is 42.6 Å². The third kappa shape index (κ3) is 6.83. The van der Waals surface area contributed by atoms with Crippen molar-refractivity contribution < 1.29 is 14.3 Å². The highest BCUT2D eigenvalue weighted by atomic mass is 32.1. The summed E-state index contributed by atoms with van der Waals surface area (Å²) in [7, 11) is 0. The molecule has 1 atom stereocenters. The number of hydrogen-bond acceptors (Lipinski definition) is 5. The van der Waals surface area contributed by atoms with Crippen LogP contribution in [-0.2, 0) is 11.2 Å². The summed E-state index contributed by atoms with van der Waals surface area (Å²) in [4.78, 5) is 17.1. The van der Waals surface area contributed by atoms with Crippen molar-refractivity contribution in [2.24, 2.45) is 5.92 Å². The van der Waals surface area contributed by atoms with E-state index in [0.717, 1.165) is 24.2 Å². The monoisotopic (exact) mass is 439 g/mol. The fraction of sp³-hybridized carbons (Fsp3) is 0.458. The van der Waals surface area contributed by atoms with E-state index in [-0.39, 0.29) is 18.1 Å². The van der Waals surface area contributed by atoms with Crippen molar-refractivity contribution in [3.05, 3.63) is 58.4 Å². The van der Waals surface area contributed by atoms with Gasteiger partial charge < -0.3 is 19.4 Å². The Labute approximate surface area is 188 Å². The molecule has 1 aliphatic rings. The van der Waals surface area contributed by atoms with E-state index >= 15 is 0 Å². The van der Waals surface area contributed by atoms with Crippen LogP contribution in [0.25, 0.3) is 0 Å². The zero-order valence-electron chi connectivity index (χ0n) is 18.3. The zero-order valence-corrected chi connectivity index (χ0v) is 19.1. The van der Waals surface area contributed by atoms with E-state index in [1.165, 1.54) is 0 Å². The largest absolute Gasteiger partial charge is 0.490 e. The summed E-state index contributed by atoms with van der Waals surface area (Å²) in [6.45, 7) is 6.89. The molecule has 0 bridgehead atoms. The highest BCUT2D eigenvalue weighted by molar-refractivity contribution is 7.71. The van der Waals surface area contributed by atoms with Crippen LogP contribution in [-0.4, -0.2) is 40.8 Å². The molecular weight excluding hydrogens is 410 g/mol. The molecule has 164 valence electrons. The number of nitrogens with zero attached hydrogens (tertiary/aromatic N) is 2. The molecule has 6 nitrogen and oxygen atoms in total. The number of nitriles is 1. The number of carbonyl (C=O) groups is 1. The third-order valence-electron chi connectivity index (χ3n) is 5.24. The van der Waals surface area contributed by atoms with Crippen LogP contribution >= 0.6 is 12.2 Å². The normalized spacial score (nSPS) is 15.7. The maximum absolute atomic E-state index is 12.4. The molecule has 1 N–H and O–H groups in total. The Morgan fingerprint density at radius 3 is 2.68 bits per heavy atom. The Morgan fingerprint density at radius 1 is 1.29 bits per heavy atom. The molecule has 1 aliphatic heterocycles. The van der Waals surface area contributed by atoms with Crippen LogP contribution < -0.4 is 4.74 Å². The molecule has 1 amide bonds. The number of ether oxygens (including phenoxy) is 2. The molecule has 1 unspecified atom stereocenters. The Hall–Kier alpha value is -2.85. The van der Waals surface area contributed by atoms with Gasteiger partial charge in [-0.25, -0.2) is 4.79 Å². The van der Waals surface area contributed by atoms with Gasteiger partial charge in [0, 0.05) is 31.8 Å². The lowest BCUT2D eigenvalue weighted by atomic mass is 9.87. The Kier molecular flexibility index (Phi) is 7.34. The molecule has 1 saturated heterocycles. The first-order valence-electron chi connectivity index (χ1n) is 10.6. The van der Waals surface area contributed by atoms with Crippen molar-refractivity contribution in [3.8, 4) is 11.8 Å². The molecule has 7 heteroatoms. The number of hydrogen-bond donors (Lipinski definition) is 1. The summed E-state index contributed by atoms with van der Waals surface area (Å²) in [6, 6.07) is 13.5. The topological polar surface area (TPSA) is 78.3 Å². The summed E-state index contributed by atoms with van der Waals surface area (Å²) < 4.78 is 12.5. The van der Waals surface area contributed by atoms with Gasteiger partial charge in [-0.2, -0.15) is 5.26 Å². The van der Waals surface area contributed by atoms with E-state index in [0.29, 0.717) is 29.7 Å². The molecule has 1 aromatic heterocycles. The molecule has 1 aromatic carbocycles. The molecule has 0 saturated carbocycles. The van der Waals surface area contributed by atoms with Gasteiger partial charge in [-0.3, -0.25) is 0 Å². The third-order valence-corrected chi connectivity index (χ3v) is 5.48. The molecule has 1 fully saturated rings. The summed E-state index contributed by atoms with van der Waals surface area (Å²) in [5, 5.41) is 9.23. The lowest BCUT2D eigenvalue weighted by Gasteiger charge is -2.36. The second kappa shape index (κ2) is 9.97. The van der Waals surface area contributed by atoms with Crippen LogP contribution in [0.1, 0.15) is 44.7 Å². The number of aromatic amines is 1. The summed E-state index contributed by atoms with van der Waals surface area (Å²) in [5.74, 6) is 0.988. The number of pyridine rings is 1. The Balaban J connectivity index is 1.73. The molecule has 2 aromatic rings. The van der Waals surface area contributed by atoms with E-state index in [4.69, 9.17) is 21.7 Å². The smallest absolute Gasteiger partial charge is 0.410 e. The first-order chi connectivity index (χ1) is 14.7. The number of piperidine rings is 1. The molecular formula is C24H29N3O3S. The minimum absolute atomic E-state index is 0.0912. The number of carbonyl (C=O) groups excluding carboxylic acids is 1. The van der Waals surface area contributed by atoms with E-state index in [1.54, 1.807) is 17.2 Å². The summed E-state index contributed by atoms with van der Waals surface area (Å²) >= 11 is 5.23. The minimum atomic E-state index is -0.502. The highest BCUT2D eigenvalue weighted by Gasteiger charge is 2.32. The van der Waals surface area contributed by atoms with Gasteiger partial charge in [0.05, 0.1) is 11.6 Å². The quantitative estimate of drug-likeness (QED) is 0.644. The van der Waals surface area contributed by atoms with Crippen molar-refractivity contribution >= 4 is 18.3 Å². The lowest BCUT2D eigenvalue weighted by Crippen LogP contribution is -2.45. The zero-order chi connectivity index (χ0) is 22.4. The van der Waals surface area contributed by atoms with Crippen molar-refractivity contribution in [1.29, 1.82) is 5.26 Å². The van der Waals surface area contributed by atoms with Crippen LogP contribution in [0, 0.1) is 21.9 Å². The van der Waals surface area contributed by atoms with E-state index in [2.05, 4.69) is 11.1 Å². The van der Waals surface area contributed by atoms with Crippen molar-refractivity contribution in [2.45, 2.75) is 51.7 Å². The minimum Gasteiger partial charge on any atom is -0.490 e. The Morgan fingerprint density at radius 2 is 2.03 bits per heavy atom. The van der Waals surface area contributed by atoms with E-state index in [9.17, 15) is 10.1 Å². The summed E-state index contributed by atoms with van der Waals surface area (Å²) in [6.07, 6.45) is 3.74. The molecule has 0 radical (unpaired) electrons. The predicted molar refractivity (Wildman–Crippen MR) is 121 cm³/mol. The second-order valence-electron chi connectivity index (χ2n) is 8.87. The van der Waals surface area contributed by atoms with Crippen LogP contribution in [0.5, 0.6) is 5.75 Å². The van der Waals surface area contributed by atoms with Crippen LogP contribution in [0.2, 0.25) is 0 Å². The number of aromatic nitrogens is 1. The number of benzene rings is 1. The first kappa shape index (κ1) is 22.8. The summed E-state index contributed by atoms with van der Waals surface area (Å²) in [5.41, 5.74) is 1.19. The molecule has 0 aliphatic carbocycles. The standard InChI is InChI=1S/C24H29N3O3S/c1-24(2,3)30-23(28)27-11-8-19(9-12-27)21(29-20-7-10-26-22(31)15-20)14-17-5-4-6-18(13-17)16-25/h4-7,10,13,15,19,21H,8-9,11-12,14H2,1-3H3,(H,26,31).